The Morgan fingerprint density at radius 1 is 1.35 bits per heavy atom. The second-order valence-electron chi connectivity index (χ2n) is 3.51. The van der Waals surface area contributed by atoms with Crippen molar-refractivity contribution < 1.29 is 14.3 Å². The van der Waals surface area contributed by atoms with Crippen molar-refractivity contribution in [2.45, 2.75) is 0 Å². The van der Waals surface area contributed by atoms with Gasteiger partial charge in [-0.3, -0.25) is 0 Å². The molecule has 2 amide bonds. The molecule has 0 fully saturated rings. The van der Waals surface area contributed by atoms with Crippen LogP contribution >= 0.6 is 11.6 Å². The fourth-order valence-electron chi connectivity index (χ4n) is 1.13. The van der Waals surface area contributed by atoms with Crippen LogP contribution in [0.2, 0.25) is 5.02 Å². The third-order valence-electron chi connectivity index (χ3n) is 2.03. The fraction of sp³-hybridized carbons (Fsp3) is 0.273. The molecule has 92 valence electrons. The first-order chi connectivity index (χ1) is 7.95. The molecule has 1 aromatic carbocycles. The smallest absolute Gasteiger partial charge is 0.339 e. The van der Waals surface area contributed by atoms with Crippen molar-refractivity contribution in [2.24, 2.45) is 0 Å². The van der Waals surface area contributed by atoms with E-state index in [4.69, 9.17) is 11.6 Å². The maximum absolute atomic E-state index is 11.5. The third-order valence-corrected chi connectivity index (χ3v) is 2.27. The summed E-state index contributed by atoms with van der Waals surface area (Å²) in [5.74, 6) is -0.532. The van der Waals surface area contributed by atoms with Crippen LogP contribution < -0.4 is 5.32 Å². The van der Waals surface area contributed by atoms with Gasteiger partial charge in [-0.25, -0.2) is 9.59 Å². The lowest BCUT2D eigenvalue weighted by Gasteiger charge is -2.14. The summed E-state index contributed by atoms with van der Waals surface area (Å²) in [6, 6.07) is 4.20. The Hall–Kier alpha value is -1.75. The van der Waals surface area contributed by atoms with Crippen LogP contribution in [0.25, 0.3) is 0 Å². The molecule has 0 heterocycles. The number of hydrogen-bond acceptors (Lipinski definition) is 3. The number of ether oxygens (including phenoxy) is 1. The lowest BCUT2D eigenvalue weighted by atomic mass is 10.2. The van der Waals surface area contributed by atoms with E-state index in [0.717, 1.165) is 0 Å². The van der Waals surface area contributed by atoms with Crippen LogP contribution in [0.5, 0.6) is 0 Å². The summed E-state index contributed by atoms with van der Waals surface area (Å²) in [5.41, 5.74) is 0.579. The lowest BCUT2D eigenvalue weighted by Crippen LogP contribution is -2.28. The fourth-order valence-corrected chi connectivity index (χ4v) is 1.31. The van der Waals surface area contributed by atoms with Gasteiger partial charge in [-0.15, -0.1) is 0 Å². The zero-order valence-corrected chi connectivity index (χ0v) is 10.5. The van der Waals surface area contributed by atoms with E-state index in [9.17, 15) is 9.59 Å². The molecule has 0 saturated carbocycles. The van der Waals surface area contributed by atoms with Crippen molar-refractivity contribution in [3.63, 3.8) is 0 Å². The molecule has 1 aromatic rings. The Bertz CT molecular complexity index is 446. The molecular formula is C11H13ClN2O3. The molecule has 0 bridgehead atoms. The topological polar surface area (TPSA) is 58.6 Å². The van der Waals surface area contributed by atoms with Gasteiger partial charge in [-0.2, -0.15) is 0 Å². The summed E-state index contributed by atoms with van der Waals surface area (Å²) in [6.45, 7) is 0. The van der Waals surface area contributed by atoms with Gasteiger partial charge in [0, 0.05) is 19.1 Å². The van der Waals surface area contributed by atoms with E-state index < -0.39 is 5.97 Å². The van der Waals surface area contributed by atoms with Crippen LogP contribution in [0.1, 0.15) is 10.4 Å². The number of amides is 2. The standard InChI is InChI=1S/C11H13ClN2O3/c1-14(2)11(16)13-9-6-7(12)4-5-8(9)10(15)17-3/h4-6H,1-3H3,(H,13,16). The third kappa shape index (κ3) is 3.35. The molecule has 0 aliphatic rings. The quantitative estimate of drug-likeness (QED) is 0.826. The number of methoxy groups -OCH3 is 1. The Morgan fingerprint density at radius 3 is 2.53 bits per heavy atom. The highest BCUT2D eigenvalue weighted by Gasteiger charge is 2.14. The van der Waals surface area contributed by atoms with E-state index in [1.807, 2.05) is 0 Å². The number of carbonyl (C=O) groups excluding carboxylic acids is 2. The maximum Gasteiger partial charge on any atom is 0.339 e. The summed E-state index contributed by atoms with van der Waals surface area (Å²) < 4.78 is 4.61. The number of benzene rings is 1. The first kappa shape index (κ1) is 13.3. The normalized spacial score (nSPS) is 9.65. The molecule has 0 atom stereocenters. The largest absolute Gasteiger partial charge is 0.465 e. The van der Waals surface area contributed by atoms with Crippen LogP contribution in [-0.2, 0) is 4.74 Å². The predicted molar refractivity (Wildman–Crippen MR) is 65.5 cm³/mol. The minimum atomic E-state index is -0.532. The second-order valence-corrected chi connectivity index (χ2v) is 3.94. The molecule has 0 radical (unpaired) electrons. The van der Waals surface area contributed by atoms with Gasteiger partial charge in [0.1, 0.15) is 0 Å². The number of urea groups is 1. The van der Waals surface area contributed by atoms with Crippen LogP contribution in [0.3, 0.4) is 0 Å². The van der Waals surface area contributed by atoms with Crippen molar-refractivity contribution in [1.29, 1.82) is 0 Å². The number of halogens is 1. The van der Waals surface area contributed by atoms with Crippen molar-refractivity contribution in [3.05, 3.63) is 28.8 Å². The van der Waals surface area contributed by atoms with Crippen molar-refractivity contribution in [2.75, 3.05) is 26.5 Å². The van der Waals surface area contributed by atoms with E-state index in [-0.39, 0.29) is 11.6 Å². The zero-order valence-electron chi connectivity index (χ0n) is 9.78. The van der Waals surface area contributed by atoms with E-state index in [2.05, 4.69) is 10.1 Å². The van der Waals surface area contributed by atoms with Gasteiger partial charge >= 0.3 is 12.0 Å². The molecule has 0 aliphatic heterocycles. The first-order valence-corrected chi connectivity index (χ1v) is 5.19. The monoisotopic (exact) mass is 256 g/mol. The highest BCUT2D eigenvalue weighted by atomic mass is 35.5. The zero-order chi connectivity index (χ0) is 13.0. The molecule has 0 saturated heterocycles. The molecule has 17 heavy (non-hydrogen) atoms. The number of carbonyl (C=O) groups is 2. The van der Waals surface area contributed by atoms with Crippen molar-refractivity contribution in [1.82, 2.24) is 4.90 Å². The van der Waals surface area contributed by atoms with Gasteiger partial charge < -0.3 is 15.0 Å². The summed E-state index contributed by atoms with van der Waals surface area (Å²) in [6.07, 6.45) is 0. The molecule has 1 rings (SSSR count). The summed E-state index contributed by atoms with van der Waals surface area (Å²) in [5, 5.41) is 2.99. The highest BCUT2D eigenvalue weighted by molar-refractivity contribution is 6.31. The van der Waals surface area contributed by atoms with Gasteiger partial charge in [0.05, 0.1) is 18.4 Å². The summed E-state index contributed by atoms with van der Waals surface area (Å²) >= 11 is 5.81. The van der Waals surface area contributed by atoms with Gasteiger partial charge in [0.15, 0.2) is 0 Å². The van der Waals surface area contributed by atoms with E-state index in [1.165, 1.54) is 24.1 Å². The van der Waals surface area contributed by atoms with Crippen LogP contribution in [0.4, 0.5) is 10.5 Å². The van der Waals surface area contributed by atoms with Crippen molar-refractivity contribution in [3.8, 4) is 0 Å². The summed E-state index contributed by atoms with van der Waals surface area (Å²) in [4.78, 5) is 24.3. The van der Waals surface area contributed by atoms with Gasteiger partial charge in [0.25, 0.3) is 0 Å². The molecule has 5 nitrogen and oxygen atoms in total. The number of nitrogens with one attached hydrogen (secondary N) is 1. The van der Waals surface area contributed by atoms with Gasteiger partial charge in [0.2, 0.25) is 0 Å². The number of esters is 1. The number of rotatable bonds is 2. The molecule has 0 spiro atoms. The number of anilines is 1. The second kappa shape index (κ2) is 5.54. The van der Waals surface area contributed by atoms with Crippen molar-refractivity contribution >= 4 is 29.3 Å². The highest BCUT2D eigenvalue weighted by Crippen LogP contribution is 2.22. The summed E-state index contributed by atoms with van der Waals surface area (Å²) in [7, 11) is 4.46. The Morgan fingerprint density at radius 2 is 2.00 bits per heavy atom. The van der Waals surface area contributed by atoms with Gasteiger partial charge in [-0.1, -0.05) is 11.6 Å². The molecule has 0 aromatic heterocycles. The number of nitrogens with zero attached hydrogens (tertiary/aromatic N) is 1. The Labute approximate surface area is 104 Å². The molecule has 1 N–H and O–H groups in total. The molecular weight excluding hydrogens is 244 g/mol. The Kier molecular flexibility index (Phi) is 4.34. The minimum absolute atomic E-state index is 0.257. The average Bonchev–Trinajstić information content (AvgIpc) is 2.28. The SMILES string of the molecule is COC(=O)c1ccc(Cl)cc1NC(=O)N(C)C. The van der Waals surface area contributed by atoms with Crippen LogP contribution in [0, 0.1) is 0 Å². The van der Waals surface area contributed by atoms with E-state index in [0.29, 0.717) is 10.7 Å². The average molecular weight is 257 g/mol. The van der Waals surface area contributed by atoms with Crippen LogP contribution in [0.15, 0.2) is 18.2 Å². The minimum Gasteiger partial charge on any atom is -0.465 e. The first-order valence-electron chi connectivity index (χ1n) is 4.82. The maximum atomic E-state index is 11.5. The predicted octanol–water partition coefficient (Wildman–Crippen LogP) is 2.22. The lowest BCUT2D eigenvalue weighted by molar-refractivity contribution is 0.0602. The van der Waals surface area contributed by atoms with Gasteiger partial charge in [-0.05, 0) is 18.2 Å². The van der Waals surface area contributed by atoms with Crippen LogP contribution in [-0.4, -0.2) is 38.1 Å². The van der Waals surface area contributed by atoms with E-state index >= 15 is 0 Å². The molecule has 0 aliphatic carbocycles. The Balaban J connectivity index is 3.07. The molecule has 0 unspecified atom stereocenters. The number of hydrogen-bond donors (Lipinski definition) is 1. The molecule has 6 heteroatoms. The van der Waals surface area contributed by atoms with E-state index in [1.54, 1.807) is 20.2 Å².